The number of aliphatic carboxylic acids is 1. The Bertz CT molecular complexity index is 286. The zero-order valence-corrected chi connectivity index (χ0v) is 7.24. The van der Waals surface area contributed by atoms with Crippen LogP contribution in [0.3, 0.4) is 0 Å². The monoisotopic (exact) mass is 182 g/mol. The molecule has 0 aromatic rings. The third-order valence-corrected chi connectivity index (χ3v) is 1.02. The van der Waals surface area contributed by atoms with Crippen molar-refractivity contribution in [1.29, 1.82) is 0 Å². The Balaban J connectivity index is 4.13. The Morgan fingerprint density at radius 2 is 1.85 bits per heavy atom. The molecule has 70 valence electrons. The van der Waals surface area contributed by atoms with E-state index in [2.05, 4.69) is 17.9 Å². The average Bonchev–Trinajstić information content (AvgIpc) is 1.98. The Morgan fingerprint density at radius 3 is 2.23 bits per heavy atom. The predicted molar refractivity (Wildman–Crippen MR) is 46.8 cm³/mol. The van der Waals surface area contributed by atoms with Crippen LogP contribution in [0.1, 0.15) is 6.92 Å². The third kappa shape index (κ3) is 5.43. The van der Waals surface area contributed by atoms with Crippen LogP contribution in [-0.2, 0) is 14.3 Å². The maximum atomic E-state index is 10.4. The molecule has 0 atom stereocenters. The number of hydrogen-bond donors (Lipinski definition) is 1. The first kappa shape index (κ1) is 11.2. The maximum Gasteiger partial charge on any atom is 0.335 e. The predicted octanol–water partition coefficient (Wildman–Crippen LogP) is 1.26. The molecule has 0 bridgehead atoms. The number of ether oxygens (including phenoxy) is 1. The number of hydrogen-bond acceptors (Lipinski definition) is 3. The van der Waals surface area contributed by atoms with Crippen molar-refractivity contribution in [3.8, 4) is 0 Å². The summed E-state index contributed by atoms with van der Waals surface area (Å²) in [4.78, 5) is 20.6. The van der Waals surface area contributed by atoms with Crippen molar-refractivity contribution in [2.24, 2.45) is 0 Å². The molecule has 4 nitrogen and oxygen atoms in total. The van der Waals surface area contributed by atoms with Gasteiger partial charge in [0.05, 0.1) is 5.57 Å². The quantitative estimate of drug-likeness (QED) is 0.307. The molecule has 1 N–H and O–H groups in total. The summed E-state index contributed by atoms with van der Waals surface area (Å²) in [5.41, 5.74) is -0.103. The van der Waals surface area contributed by atoms with Gasteiger partial charge in [0.2, 0.25) is 0 Å². The summed E-state index contributed by atoms with van der Waals surface area (Å²) in [5.74, 6) is -1.56. The van der Waals surface area contributed by atoms with Crippen molar-refractivity contribution in [3.63, 3.8) is 0 Å². The molecule has 0 radical (unpaired) electrons. The molecule has 13 heavy (non-hydrogen) atoms. The molecular formula is C9H10O4. The van der Waals surface area contributed by atoms with Crippen LogP contribution in [0.2, 0.25) is 0 Å². The fourth-order valence-corrected chi connectivity index (χ4v) is 0.483. The lowest BCUT2D eigenvalue weighted by Crippen LogP contribution is -1.97. The highest BCUT2D eigenvalue weighted by Gasteiger charge is 1.99. The Hall–Kier alpha value is -1.84. The third-order valence-electron chi connectivity index (χ3n) is 1.02. The summed E-state index contributed by atoms with van der Waals surface area (Å²) < 4.78 is 4.53. The lowest BCUT2D eigenvalue weighted by Gasteiger charge is -1.97. The van der Waals surface area contributed by atoms with Gasteiger partial charge in [0.1, 0.15) is 5.76 Å². The van der Waals surface area contributed by atoms with Crippen molar-refractivity contribution in [2.45, 2.75) is 6.92 Å². The van der Waals surface area contributed by atoms with E-state index >= 15 is 0 Å². The smallest absolute Gasteiger partial charge is 0.335 e. The van der Waals surface area contributed by atoms with Gasteiger partial charge in [-0.25, -0.2) is 4.79 Å². The summed E-state index contributed by atoms with van der Waals surface area (Å²) in [6.45, 7) is 7.83. The molecule has 0 aliphatic heterocycles. The topological polar surface area (TPSA) is 63.6 Å². The minimum atomic E-state index is -1.13. The van der Waals surface area contributed by atoms with E-state index in [1.165, 1.54) is 19.1 Å². The van der Waals surface area contributed by atoms with Gasteiger partial charge in [-0.3, -0.25) is 4.79 Å². The molecule has 0 aliphatic rings. The molecule has 0 heterocycles. The van der Waals surface area contributed by atoms with E-state index in [1.54, 1.807) is 0 Å². The molecule has 0 fully saturated rings. The highest BCUT2D eigenvalue weighted by molar-refractivity contribution is 5.89. The SMILES string of the molecule is C=C(/C=C\C(=C)C(=O)O)OC(C)=O. The van der Waals surface area contributed by atoms with E-state index in [-0.39, 0.29) is 11.3 Å². The van der Waals surface area contributed by atoms with Crippen LogP contribution in [0.25, 0.3) is 0 Å². The average molecular weight is 182 g/mol. The summed E-state index contributed by atoms with van der Waals surface area (Å²) in [7, 11) is 0. The van der Waals surface area contributed by atoms with Crippen LogP contribution in [0.4, 0.5) is 0 Å². The first-order valence-corrected chi connectivity index (χ1v) is 3.41. The molecule has 0 aliphatic carbocycles. The highest BCUT2D eigenvalue weighted by atomic mass is 16.5. The standard InChI is InChI=1S/C9H10O4/c1-6(9(11)12)4-5-7(2)13-8(3)10/h4-5H,1-2H2,3H3,(H,11,12)/b5-4-. The lowest BCUT2D eigenvalue weighted by atomic mass is 10.3. The van der Waals surface area contributed by atoms with E-state index in [0.717, 1.165) is 0 Å². The molecule has 0 saturated heterocycles. The van der Waals surface area contributed by atoms with E-state index in [4.69, 9.17) is 5.11 Å². The zero-order valence-electron chi connectivity index (χ0n) is 7.24. The van der Waals surface area contributed by atoms with Crippen molar-refractivity contribution in [3.05, 3.63) is 36.6 Å². The van der Waals surface area contributed by atoms with Gasteiger partial charge in [-0.15, -0.1) is 0 Å². The number of carboxylic acid groups (broad SMARTS) is 1. The van der Waals surface area contributed by atoms with Crippen LogP contribution in [-0.4, -0.2) is 17.0 Å². The number of rotatable bonds is 4. The van der Waals surface area contributed by atoms with Crippen LogP contribution < -0.4 is 0 Å². The van der Waals surface area contributed by atoms with Crippen LogP contribution in [0, 0.1) is 0 Å². The van der Waals surface area contributed by atoms with Crippen molar-refractivity contribution >= 4 is 11.9 Å². The zero-order chi connectivity index (χ0) is 10.4. The van der Waals surface area contributed by atoms with Crippen molar-refractivity contribution < 1.29 is 19.4 Å². The van der Waals surface area contributed by atoms with Gasteiger partial charge in [-0.05, 0) is 12.2 Å². The Kier molecular flexibility index (Phi) is 4.23. The van der Waals surface area contributed by atoms with Gasteiger partial charge < -0.3 is 9.84 Å². The molecule has 0 aromatic carbocycles. The van der Waals surface area contributed by atoms with Gasteiger partial charge in [0.15, 0.2) is 0 Å². The number of carbonyl (C=O) groups is 2. The number of esters is 1. The number of carboxylic acids is 1. The van der Waals surface area contributed by atoms with Gasteiger partial charge in [-0.1, -0.05) is 13.2 Å². The fraction of sp³-hybridized carbons (Fsp3) is 0.111. The highest BCUT2D eigenvalue weighted by Crippen LogP contribution is 2.00. The Labute approximate surface area is 75.8 Å². The van der Waals surface area contributed by atoms with E-state index in [9.17, 15) is 9.59 Å². The lowest BCUT2D eigenvalue weighted by molar-refractivity contribution is -0.136. The van der Waals surface area contributed by atoms with Gasteiger partial charge >= 0.3 is 11.9 Å². The Morgan fingerprint density at radius 1 is 1.31 bits per heavy atom. The molecule has 4 heteroatoms. The minimum Gasteiger partial charge on any atom is -0.478 e. The summed E-state index contributed by atoms with van der Waals surface area (Å²) in [6.07, 6.45) is 2.46. The second-order valence-corrected chi connectivity index (χ2v) is 2.22. The molecule has 0 unspecified atom stereocenters. The van der Waals surface area contributed by atoms with Crippen LogP contribution in [0.15, 0.2) is 36.6 Å². The second-order valence-electron chi connectivity index (χ2n) is 2.22. The van der Waals surface area contributed by atoms with E-state index in [0.29, 0.717) is 0 Å². The molecule has 0 aromatic heterocycles. The molecule has 0 rings (SSSR count). The van der Waals surface area contributed by atoms with Gasteiger partial charge in [0, 0.05) is 6.92 Å². The molecule has 0 spiro atoms. The molecular weight excluding hydrogens is 172 g/mol. The van der Waals surface area contributed by atoms with E-state index < -0.39 is 11.9 Å². The number of carbonyl (C=O) groups excluding carboxylic acids is 1. The van der Waals surface area contributed by atoms with Crippen molar-refractivity contribution in [1.82, 2.24) is 0 Å². The maximum absolute atomic E-state index is 10.4. The largest absolute Gasteiger partial charge is 0.478 e. The number of allylic oxidation sites excluding steroid dienone is 1. The fourth-order valence-electron chi connectivity index (χ4n) is 0.483. The van der Waals surface area contributed by atoms with Crippen LogP contribution in [0.5, 0.6) is 0 Å². The summed E-state index contributed by atoms with van der Waals surface area (Å²) in [6, 6.07) is 0. The summed E-state index contributed by atoms with van der Waals surface area (Å²) in [5, 5.41) is 8.39. The molecule has 0 amide bonds. The second kappa shape index (κ2) is 4.92. The van der Waals surface area contributed by atoms with Gasteiger partial charge in [0.25, 0.3) is 0 Å². The van der Waals surface area contributed by atoms with Crippen molar-refractivity contribution in [2.75, 3.05) is 0 Å². The first-order valence-electron chi connectivity index (χ1n) is 3.41. The molecule has 0 saturated carbocycles. The minimum absolute atomic E-state index is 0.0786. The van der Waals surface area contributed by atoms with E-state index in [1.807, 2.05) is 0 Å². The van der Waals surface area contributed by atoms with Crippen LogP contribution >= 0.6 is 0 Å². The normalized spacial score (nSPS) is 9.62. The van der Waals surface area contributed by atoms with Gasteiger partial charge in [-0.2, -0.15) is 0 Å². The summed E-state index contributed by atoms with van der Waals surface area (Å²) >= 11 is 0. The first-order chi connectivity index (χ1) is 5.93.